The van der Waals surface area contributed by atoms with E-state index in [1.165, 1.54) is 36.4 Å². The summed E-state index contributed by atoms with van der Waals surface area (Å²) in [7, 11) is -4.01. The molecule has 11 heteroatoms. The van der Waals surface area contributed by atoms with E-state index in [1.807, 2.05) is 0 Å². The lowest BCUT2D eigenvalue weighted by Gasteiger charge is -2.35. The van der Waals surface area contributed by atoms with Crippen LogP contribution < -0.4 is 10.0 Å². The number of ether oxygens (including phenoxy) is 1. The molecule has 0 bridgehead atoms. The van der Waals surface area contributed by atoms with Crippen LogP contribution in [0.3, 0.4) is 0 Å². The van der Waals surface area contributed by atoms with Gasteiger partial charge in [0.25, 0.3) is 5.91 Å². The van der Waals surface area contributed by atoms with E-state index in [0.717, 1.165) is 6.42 Å². The van der Waals surface area contributed by atoms with Gasteiger partial charge < -0.3 is 10.1 Å². The van der Waals surface area contributed by atoms with Crippen LogP contribution >= 0.6 is 34.8 Å². The minimum atomic E-state index is -4.01. The number of rotatable bonds is 7. The first-order chi connectivity index (χ1) is 15.1. The second-order valence-electron chi connectivity index (χ2n) is 7.46. The number of carbonyl (C=O) groups excluding carboxylic acids is 2. The summed E-state index contributed by atoms with van der Waals surface area (Å²) in [5.41, 5.74) is -1.06. The fourth-order valence-corrected chi connectivity index (χ4v) is 5.31. The van der Waals surface area contributed by atoms with Crippen molar-refractivity contribution in [2.45, 2.75) is 42.5 Å². The molecule has 0 spiro atoms. The lowest BCUT2D eigenvalue weighted by atomic mass is 9.82. The SMILES string of the molecule is O=C(COC(=O)C1(NS(=O)(=O)c2ccc(Cl)cc2)CCCCC1)Nc1ccc(Cl)c(Cl)c1. The molecule has 2 aromatic rings. The summed E-state index contributed by atoms with van der Waals surface area (Å²) in [6.07, 6.45) is 2.71. The van der Waals surface area contributed by atoms with Crippen molar-refractivity contribution in [1.29, 1.82) is 0 Å². The number of halogens is 3. The van der Waals surface area contributed by atoms with Crippen LogP contribution in [0.4, 0.5) is 5.69 Å². The number of nitrogens with one attached hydrogen (secondary N) is 2. The minimum Gasteiger partial charge on any atom is -0.454 e. The Morgan fingerprint density at radius 2 is 1.59 bits per heavy atom. The molecular weight excluding hydrogens is 499 g/mol. The van der Waals surface area contributed by atoms with E-state index in [9.17, 15) is 18.0 Å². The van der Waals surface area contributed by atoms with Gasteiger partial charge in [-0.3, -0.25) is 9.59 Å². The summed E-state index contributed by atoms with van der Waals surface area (Å²) in [5, 5.41) is 3.54. The zero-order chi connectivity index (χ0) is 23.4. The maximum atomic E-state index is 13.0. The van der Waals surface area contributed by atoms with E-state index in [0.29, 0.717) is 28.6 Å². The predicted molar refractivity (Wildman–Crippen MR) is 124 cm³/mol. The highest BCUT2D eigenvalue weighted by Crippen LogP contribution is 2.31. The first kappa shape index (κ1) is 24.8. The molecule has 0 heterocycles. The molecule has 3 rings (SSSR count). The van der Waals surface area contributed by atoms with Crippen molar-refractivity contribution in [1.82, 2.24) is 4.72 Å². The van der Waals surface area contributed by atoms with Crippen LogP contribution in [0.25, 0.3) is 0 Å². The quantitative estimate of drug-likeness (QED) is 0.511. The van der Waals surface area contributed by atoms with Crippen molar-refractivity contribution < 1.29 is 22.7 Å². The number of amides is 1. The predicted octanol–water partition coefficient (Wildman–Crippen LogP) is 4.81. The van der Waals surface area contributed by atoms with Crippen molar-refractivity contribution in [3.8, 4) is 0 Å². The van der Waals surface area contributed by atoms with Gasteiger partial charge in [0, 0.05) is 10.7 Å². The second-order valence-corrected chi connectivity index (χ2v) is 10.4. The van der Waals surface area contributed by atoms with Gasteiger partial charge in [0.2, 0.25) is 10.0 Å². The van der Waals surface area contributed by atoms with Crippen LogP contribution in [-0.2, 0) is 24.3 Å². The molecule has 1 aliphatic carbocycles. The van der Waals surface area contributed by atoms with Crippen LogP contribution in [-0.4, -0.2) is 32.4 Å². The van der Waals surface area contributed by atoms with Gasteiger partial charge in [-0.2, -0.15) is 4.72 Å². The Morgan fingerprint density at radius 1 is 0.938 bits per heavy atom. The summed E-state index contributed by atoms with van der Waals surface area (Å²) in [5.74, 6) is -1.39. The smallest absolute Gasteiger partial charge is 0.327 e. The number of hydrogen-bond acceptors (Lipinski definition) is 5. The Morgan fingerprint density at radius 3 is 2.22 bits per heavy atom. The number of hydrogen-bond donors (Lipinski definition) is 2. The maximum absolute atomic E-state index is 13.0. The zero-order valence-corrected chi connectivity index (χ0v) is 20.0. The van der Waals surface area contributed by atoms with E-state index < -0.39 is 34.0 Å². The molecule has 172 valence electrons. The summed E-state index contributed by atoms with van der Waals surface area (Å²) in [6, 6.07) is 10.2. The van der Waals surface area contributed by atoms with E-state index in [2.05, 4.69) is 10.0 Å². The largest absolute Gasteiger partial charge is 0.454 e. The van der Waals surface area contributed by atoms with Gasteiger partial charge in [0.05, 0.1) is 14.9 Å². The molecule has 32 heavy (non-hydrogen) atoms. The molecule has 2 aromatic carbocycles. The van der Waals surface area contributed by atoms with Gasteiger partial charge in [-0.1, -0.05) is 54.1 Å². The Kier molecular flexibility index (Phi) is 8.06. The van der Waals surface area contributed by atoms with Gasteiger partial charge in [-0.05, 0) is 55.3 Å². The topological polar surface area (TPSA) is 102 Å². The molecule has 1 saturated carbocycles. The first-order valence-corrected chi connectivity index (χ1v) is 12.4. The average molecular weight is 520 g/mol. The number of anilines is 1. The van der Waals surface area contributed by atoms with Crippen molar-refractivity contribution in [2.75, 3.05) is 11.9 Å². The van der Waals surface area contributed by atoms with Gasteiger partial charge in [0.1, 0.15) is 5.54 Å². The Bertz CT molecular complexity index is 1100. The number of sulfonamides is 1. The summed E-state index contributed by atoms with van der Waals surface area (Å²) in [4.78, 5) is 25.2. The molecule has 1 amide bonds. The molecule has 1 fully saturated rings. The maximum Gasteiger partial charge on any atom is 0.327 e. The van der Waals surface area contributed by atoms with Gasteiger partial charge in [0.15, 0.2) is 6.61 Å². The van der Waals surface area contributed by atoms with Crippen molar-refractivity contribution in [2.24, 2.45) is 0 Å². The molecular formula is C21H21Cl3N2O5S. The number of carbonyl (C=O) groups is 2. The van der Waals surface area contributed by atoms with Crippen LogP contribution in [0.15, 0.2) is 47.4 Å². The molecule has 0 saturated heterocycles. The minimum absolute atomic E-state index is 0.0167. The van der Waals surface area contributed by atoms with Gasteiger partial charge in [-0.25, -0.2) is 8.42 Å². The molecule has 0 aliphatic heterocycles. The van der Waals surface area contributed by atoms with Crippen LogP contribution in [0.5, 0.6) is 0 Å². The van der Waals surface area contributed by atoms with Crippen LogP contribution in [0.1, 0.15) is 32.1 Å². The second kappa shape index (κ2) is 10.4. The average Bonchev–Trinajstić information content (AvgIpc) is 2.75. The lowest BCUT2D eigenvalue weighted by Crippen LogP contribution is -2.56. The number of esters is 1. The Hall–Kier alpha value is -1.84. The van der Waals surface area contributed by atoms with Crippen LogP contribution in [0.2, 0.25) is 15.1 Å². The fourth-order valence-electron chi connectivity index (χ4n) is 3.47. The fraction of sp³-hybridized carbons (Fsp3) is 0.333. The van der Waals surface area contributed by atoms with Crippen molar-refractivity contribution in [3.63, 3.8) is 0 Å². The van der Waals surface area contributed by atoms with Gasteiger partial charge in [-0.15, -0.1) is 0 Å². The lowest BCUT2D eigenvalue weighted by molar-refractivity contribution is -0.155. The Balaban J connectivity index is 1.69. The van der Waals surface area contributed by atoms with Gasteiger partial charge >= 0.3 is 5.97 Å². The third-order valence-corrected chi connectivity index (χ3v) is 7.63. The Labute approximate surface area is 201 Å². The van der Waals surface area contributed by atoms with E-state index in [-0.39, 0.29) is 22.8 Å². The highest BCUT2D eigenvalue weighted by Gasteiger charge is 2.44. The van der Waals surface area contributed by atoms with Crippen molar-refractivity contribution in [3.05, 3.63) is 57.5 Å². The highest BCUT2D eigenvalue weighted by molar-refractivity contribution is 7.89. The molecule has 7 nitrogen and oxygen atoms in total. The van der Waals surface area contributed by atoms with E-state index in [4.69, 9.17) is 39.5 Å². The zero-order valence-electron chi connectivity index (χ0n) is 16.9. The van der Waals surface area contributed by atoms with Crippen LogP contribution in [0, 0.1) is 0 Å². The highest BCUT2D eigenvalue weighted by atomic mass is 35.5. The molecule has 0 unspecified atom stereocenters. The third kappa shape index (κ3) is 6.14. The third-order valence-electron chi connectivity index (χ3n) is 5.09. The van der Waals surface area contributed by atoms with E-state index >= 15 is 0 Å². The number of benzene rings is 2. The standard InChI is InChI=1S/C21H21Cl3N2O5S/c22-14-4-7-16(8-5-14)32(29,30)26-21(10-2-1-3-11-21)20(28)31-13-19(27)25-15-6-9-17(23)18(24)12-15/h4-9,12,26H,1-3,10-11,13H2,(H,25,27). The normalized spacial score (nSPS) is 15.7. The van der Waals surface area contributed by atoms with E-state index in [1.54, 1.807) is 6.07 Å². The molecule has 1 aliphatic rings. The molecule has 0 radical (unpaired) electrons. The monoisotopic (exact) mass is 518 g/mol. The first-order valence-electron chi connectivity index (χ1n) is 9.83. The summed E-state index contributed by atoms with van der Waals surface area (Å²) >= 11 is 17.6. The molecule has 2 N–H and O–H groups in total. The van der Waals surface area contributed by atoms with Crippen molar-refractivity contribution >= 4 is 62.4 Å². The summed E-state index contributed by atoms with van der Waals surface area (Å²) in [6.45, 7) is -0.580. The summed E-state index contributed by atoms with van der Waals surface area (Å²) < 4.78 is 33.5. The molecule has 0 aromatic heterocycles. The molecule has 0 atom stereocenters.